The Hall–Kier alpha value is -3.71. The molecule has 0 amide bonds. The zero-order valence-corrected chi connectivity index (χ0v) is 23.2. The van der Waals surface area contributed by atoms with E-state index < -0.39 is 107 Å². The van der Waals surface area contributed by atoms with Gasteiger partial charge in [0.15, 0.2) is 17.3 Å². The summed E-state index contributed by atoms with van der Waals surface area (Å²) < 4.78 is 28.1. The molecular formula is C28H32O16. The number of aliphatic hydroxyl groups excluding tert-OH is 7. The van der Waals surface area contributed by atoms with Crippen molar-refractivity contribution in [1.82, 2.24) is 0 Å². The number of aliphatic hydroxyl groups is 7. The van der Waals surface area contributed by atoms with E-state index in [4.69, 9.17) is 23.4 Å². The molecule has 0 bridgehead atoms. The van der Waals surface area contributed by atoms with Gasteiger partial charge in [0.25, 0.3) is 0 Å². The Bertz CT molecular complexity index is 1590. The van der Waals surface area contributed by atoms with Crippen molar-refractivity contribution in [3.63, 3.8) is 0 Å². The molecular weight excluding hydrogens is 592 g/mol. The average molecular weight is 625 g/mol. The molecule has 5 rings (SSSR count). The molecule has 2 saturated heterocycles. The first kappa shape index (κ1) is 31.7. The molecule has 240 valence electrons. The van der Waals surface area contributed by atoms with E-state index in [-0.39, 0.29) is 16.9 Å². The fourth-order valence-electron chi connectivity index (χ4n) is 4.99. The summed E-state index contributed by atoms with van der Waals surface area (Å²) in [5.41, 5.74) is -3.10. The largest absolute Gasteiger partial charge is 0.507 e. The smallest absolute Gasteiger partial charge is 0.239 e. The maximum Gasteiger partial charge on any atom is 0.239 e. The average Bonchev–Trinajstić information content (AvgIpc) is 2.98. The van der Waals surface area contributed by atoms with Gasteiger partial charge < -0.3 is 74.4 Å². The van der Waals surface area contributed by atoms with E-state index in [1.807, 2.05) is 0 Å². The molecule has 10 N–H and O–H groups in total. The molecule has 16 nitrogen and oxygen atoms in total. The standard InChI is InChI=1S/C28H32O16/c1-9-17(33)19(35)21(37)26(40-9)43-24-18(34)16-14(32)6-11(41-27-22(38)20(36)25(39)28(2,8-29)44-27)7-15(16)42-23(24)10-3-4-12(30)13(31)5-10/h3-7,9,17,19-22,25-27,29-33,35-39H,8H2,1-2H3/t9-,17+,19-,20-,21-,22-,25+,26+,27+,28-/m1/s1. The molecule has 2 aliphatic rings. The van der Waals surface area contributed by atoms with E-state index in [2.05, 4.69) is 0 Å². The summed E-state index contributed by atoms with van der Waals surface area (Å²) in [5, 5.41) is 102. The maximum atomic E-state index is 13.8. The van der Waals surface area contributed by atoms with Crippen LogP contribution in [0.1, 0.15) is 13.8 Å². The summed E-state index contributed by atoms with van der Waals surface area (Å²) in [5.74, 6) is -3.12. The lowest BCUT2D eigenvalue weighted by Crippen LogP contribution is -2.65. The third kappa shape index (κ3) is 5.40. The highest BCUT2D eigenvalue weighted by Gasteiger charge is 2.52. The van der Waals surface area contributed by atoms with Gasteiger partial charge in [-0.25, -0.2) is 0 Å². The van der Waals surface area contributed by atoms with Gasteiger partial charge in [-0.05, 0) is 32.0 Å². The Labute approximate surface area is 247 Å². The minimum absolute atomic E-state index is 0.0269. The molecule has 10 atom stereocenters. The van der Waals surface area contributed by atoms with E-state index in [0.717, 1.165) is 24.3 Å². The predicted octanol–water partition coefficient (Wildman–Crippen LogP) is -1.65. The van der Waals surface area contributed by atoms with E-state index in [0.29, 0.717) is 0 Å². The molecule has 3 heterocycles. The number of ether oxygens (including phenoxy) is 4. The molecule has 16 heteroatoms. The Morgan fingerprint density at radius 2 is 1.50 bits per heavy atom. The summed E-state index contributed by atoms with van der Waals surface area (Å²) in [6, 6.07) is 5.43. The fraction of sp³-hybridized carbons (Fsp3) is 0.464. The van der Waals surface area contributed by atoms with Gasteiger partial charge in [-0.2, -0.15) is 0 Å². The van der Waals surface area contributed by atoms with Crippen molar-refractivity contribution in [2.75, 3.05) is 6.61 Å². The van der Waals surface area contributed by atoms with Gasteiger partial charge in [0.2, 0.25) is 23.8 Å². The second kappa shape index (κ2) is 11.7. The van der Waals surface area contributed by atoms with Crippen LogP contribution in [0.4, 0.5) is 0 Å². The van der Waals surface area contributed by atoms with Gasteiger partial charge in [0, 0.05) is 17.7 Å². The van der Waals surface area contributed by atoms with Crippen LogP contribution < -0.4 is 14.9 Å². The summed E-state index contributed by atoms with van der Waals surface area (Å²) in [4.78, 5) is 13.8. The van der Waals surface area contributed by atoms with E-state index in [1.165, 1.54) is 19.9 Å². The Morgan fingerprint density at radius 1 is 0.818 bits per heavy atom. The van der Waals surface area contributed by atoms with Crippen molar-refractivity contribution in [2.45, 2.75) is 74.8 Å². The highest BCUT2D eigenvalue weighted by Crippen LogP contribution is 2.40. The molecule has 0 spiro atoms. The molecule has 0 radical (unpaired) electrons. The van der Waals surface area contributed by atoms with Gasteiger partial charge >= 0.3 is 0 Å². The van der Waals surface area contributed by atoms with Crippen molar-refractivity contribution in [1.29, 1.82) is 0 Å². The number of hydrogen-bond acceptors (Lipinski definition) is 16. The molecule has 3 aromatic rings. The van der Waals surface area contributed by atoms with E-state index >= 15 is 0 Å². The first-order valence-corrected chi connectivity index (χ1v) is 13.4. The Morgan fingerprint density at radius 3 is 2.16 bits per heavy atom. The Balaban J connectivity index is 1.61. The molecule has 0 saturated carbocycles. The lowest BCUT2D eigenvalue weighted by molar-refractivity contribution is -0.313. The van der Waals surface area contributed by atoms with Crippen molar-refractivity contribution in [3.05, 3.63) is 40.6 Å². The van der Waals surface area contributed by atoms with Crippen LogP contribution in [0, 0.1) is 0 Å². The molecule has 2 fully saturated rings. The maximum absolute atomic E-state index is 13.8. The highest BCUT2D eigenvalue weighted by atomic mass is 16.7. The van der Waals surface area contributed by atoms with Crippen LogP contribution in [0.3, 0.4) is 0 Å². The second-order valence-electron chi connectivity index (χ2n) is 10.9. The van der Waals surface area contributed by atoms with Gasteiger partial charge in [-0.3, -0.25) is 4.79 Å². The molecule has 1 aromatic heterocycles. The summed E-state index contributed by atoms with van der Waals surface area (Å²) >= 11 is 0. The summed E-state index contributed by atoms with van der Waals surface area (Å²) in [6.07, 6.45) is -14.7. The van der Waals surface area contributed by atoms with E-state index in [1.54, 1.807) is 0 Å². The van der Waals surface area contributed by atoms with Crippen LogP contribution in [-0.2, 0) is 9.47 Å². The normalized spacial score (nSPS) is 34.2. The van der Waals surface area contributed by atoms with Crippen molar-refractivity contribution in [2.24, 2.45) is 0 Å². The number of phenolic OH excluding ortho intramolecular Hbond substituents is 3. The minimum atomic E-state index is -1.83. The summed E-state index contributed by atoms with van der Waals surface area (Å²) in [7, 11) is 0. The first-order chi connectivity index (χ1) is 20.7. The number of hydrogen-bond donors (Lipinski definition) is 10. The molecule has 44 heavy (non-hydrogen) atoms. The molecule has 0 aliphatic carbocycles. The Kier molecular flexibility index (Phi) is 8.40. The number of phenols is 3. The van der Waals surface area contributed by atoms with Gasteiger partial charge in [-0.15, -0.1) is 0 Å². The van der Waals surface area contributed by atoms with Crippen molar-refractivity contribution >= 4 is 11.0 Å². The lowest BCUT2D eigenvalue weighted by atomic mass is 9.89. The SMILES string of the molecule is C[C@H]1O[C@@H](Oc2c(-c3ccc(O)c(O)c3)oc3cc(O[C@H]4O[C@](C)(CO)[C@@H](O)[C@H](O)[C@H]4O)cc(O)c3c2=O)[C@H](O)[C@H](O)[C@H]1O. The number of fused-ring (bicyclic) bond motifs is 1. The molecule has 2 aliphatic heterocycles. The number of benzene rings is 2. The third-order valence-electron chi connectivity index (χ3n) is 7.72. The fourth-order valence-corrected chi connectivity index (χ4v) is 4.99. The van der Waals surface area contributed by atoms with Gasteiger partial charge in [0.05, 0.1) is 12.7 Å². The van der Waals surface area contributed by atoms with Crippen LogP contribution in [0.5, 0.6) is 28.7 Å². The van der Waals surface area contributed by atoms with Gasteiger partial charge in [-0.1, -0.05) is 0 Å². The lowest BCUT2D eigenvalue weighted by Gasteiger charge is -2.45. The van der Waals surface area contributed by atoms with Crippen molar-refractivity contribution < 1.29 is 74.4 Å². The van der Waals surface area contributed by atoms with E-state index in [9.17, 15) is 55.9 Å². The zero-order chi connectivity index (χ0) is 32.2. The zero-order valence-electron chi connectivity index (χ0n) is 23.2. The van der Waals surface area contributed by atoms with Crippen LogP contribution in [-0.4, -0.2) is 119 Å². The highest BCUT2D eigenvalue weighted by molar-refractivity contribution is 5.88. The second-order valence-corrected chi connectivity index (χ2v) is 10.9. The molecule has 2 aromatic carbocycles. The van der Waals surface area contributed by atoms with Crippen LogP contribution in [0.2, 0.25) is 0 Å². The van der Waals surface area contributed by atoms with Crippen molar-refractivity contribution in [3.8, 4) is 40.1 Å². The van der Waals surface area contributed by atoms with Crippen LogP contribution >= 0.6 is 0 Å². The quantitative estimate of drug-likeness (QED) is 0.138. The van der Waals surface area contributed by atoms with Crippen LogP contribution in [0.25, 0.3) is 22.3 Å². The number of rotatable bonds is 6. The summed E-state index contributed by atoms with van der Waals surface area (Å²) in [6.45, 7) is 1.91. The monoisotopic (exact) mass is 624 g/mol. The van der Waals surface area contributed by atoms with Crippen LogP contribution in [0.15, 0.2) is 39.5 Å². The van der Waals surface area contributed by atoms with Gasteiger partial charge in [0.1, 0.15) is 64.7 Å². The topological polar surface area (TPSA) is 269 Å². The predicted molar refractivity (Wildman–Crippen MR) is 145 cm³/mol. The number of aromatic hydroxyl groups is 3. The molecule has 0 unspecified atom stereocenters. The third-order valence-corrected chi connectivity index (χ3v) is 7.72. The first-order valence-electron chi connectivity index (χ1n) is 13.4. The minimum Gasteiger partial charge on any atom is -0.507 e.